The van der Waals surface area contributed by atoms with E-state index < -0.39 is 10.2 Å². The molecule has 1 aromatic rings. The van der Waals surface area contributed by atoms with Crippen LogP contribution in [-0.4, -0.2) is 70.3 Å². The minimum Gasteiger partial charge on any atom is -0.366 e. The summed E-state index contributed by atoms with van der Waals surface area (Å²) >= 11 is 0. The van der Waals surface area contributed by atoms with E-state index in [1.807, 2.05) is 4.90 Å². The lowest BCUT2D eigenvalue weighted by Gasteiger charge is -2.36. The number of carbonyl (C=O) groups is 1. The maximum atomic E-state index is 13.8. The Hall–Kier alpha value is -1.71. The second-order valence-corrected chi connectivity index (χ2v) is 7.40. The molecule has 1 aromatic carbocycles. The van der Waals surface area contributed by atoms with Gasteiger partial charge in [-0.2, -0.15) is 17.4 Å². The minimum atomic E-state index is -3.62. The van der Waals surface area contributed by atoms with E-state index in [-0.39, 0.29) is 18.3 Å². The summed E-state index contributed by atoms with van der Waals surface area (Å²) in [6.07, 6.45) is 0. The molecule has 0 spiro atoms. The van der Waals surface area contributed by atoms with Crippen LogP contribution in [0.3, 0.4) is 0 Å². The highest BCUT2D eigenvalue weighted by Crippen LogP contribution is 2.20. The van der Waals surface area contributed by atoms with Crippen molar-refractivity contribution in [3.63, 3.8) is 0 Å². The summed E-state index contributed by atoms with van der Waals surface area (Å²) in [6.45, 7) is 1.59. The van der Waals surface area contributed by atoms with Crippen LogP contribution in [0, 0.1) is 5.82 Å². The molecule has 0 unspecified atom stereocenters. The van der Waals surface area contributed by atoms with Crippen molar-refractivity contribution in [2.75, 3.05) is 51.7 Å². The first kappa shape index (κ1) is 17.6. The monoisotopic (exact) mass is 344 g/mol. The van der Waals surface area contributed by atoms with E-state index in [0.717, 1.165) is 4.31 Å². The predicted octanol–water partition coefficient (Wildman–Crippen LogP) is -0.130. The lowest BCUT2D eigenvalue weighted by molar-refractivity contribution is -0.130. The Morgan fingerprint density at radius 1 is 1.22 bits per heavy atom. The van der Waals surface area contributed by atoms with Crippen LogP contribution >= 0.6 is 0 Å². The van der Waals surface area contributed by atoms with E-state index in [1.54, 1.807) is 23.1 Å². The Kier molecular flexibility index (Phi) is 5.55. The molecular formula is C14H21FN4O3S. The zero-order chi connectivity index (χ0) is 17.0. The molecular weight excluding hydrogens is 323 g/mol. The van der Waals surface area contributed by atoms with Crippen molar-refractivity contribution in [1.29, 1.82) is 0 Å². The van der Waals surface area contributed by atoms with E-state index in [9.17, 15) is 17.6 Å². The van der Waals surface area contributed by atoms with Gasteiger partial charge in [-0.25, -0.2) is 4.39 Å². The van der Waals surface area contributed by atoms with Gasteiger partial charge in [0.1, 0.15) is 5.82 Å². The maximum absolute atomic E-state index is 13.8. The molecule has 0 aromatic heterocycles. The van der Waals surface area contributed by atoms with Crippen LogP contribution in [0.2, 0.25) is 0 Å². The number of amides is 1. The first-order valence-corrected chi connectivity index (χ1v) is 8.69. The summed E-state index contributed by atoms with van der Waals surface area (Å²) in [6, 6.07) is 6.52. The third kappa shape index (κ3) is 4.40. The van der Waals surface area contributed by atoms with E-state index in [0.29, 0.717) is 31.9 Å². The van der Waals surface area contributed by atoms with E-state index in [2.05, 4.69) is 4.72 Å². The number of hydrogen-bond donors (Lipinski definition) is 1. The molecule has 1 fully saturated rings. The summed E-state index contributed by atoms with van der Waals surface area (Å²) in [4.78, 5) is 15.5. The maximum Gasteiger partial charge on any atom is 0.279 e. The Bertz CT molecular complexity index is 658. The zero-order valence-corrected chi connectivity index (χ0v) is 14.0. The first-order chi connectivity index (χ1) is 10.8. The van der Waals surface area contributed by atoms with E-state index >= 15 is 0 Å². The Morgan fingerprint density at radius 3 is 2.39 bits per heavy atom. The molecule has 0 bridgehead atoms. The quantitative estimate of drug-likeness (QED) is 0.808. The number of rotatable bonds is 5. The van der Waals surface area contributed by atoms with Crippen molar-refractivity contribution in [3.05, 3.63) is 30.1 Å². The number of halogens is 1. The molecule has 0 aliphatic carbocycles. The number of hydrogen-bond acceptors (Lipinski definition) is 4. The van der Waals surface area contributed by atoms with Crippen LogP contribution in [0.4, 0.5) is 10.1 Å². The van der Waals surface area contributed by atoms with Crippen molar-refractivity contribution < 1.29 is 17.6 Å². The molecule has 1 aliphatic rings. The van der Waals surface area contributed by atoms with Crippen LogP contribution in [0.1, 0.15) is 0 Å². The van der Waals surface area contributed by atoms with Gasteiger partial charge in [-0.15, -0.1) is 0 Å². The number of benzene rings is 1. The van der Waals surface area contributed by atoms with Gasteiger partial charge in [0.2, 0.25) is 5.91 Å². The van der Waals surface area contributed by atoms with Crippen molar-refractivity contribution in [2.24, 2.45) is 0 Å². The van der Waals surface area contributed by atoms with Crippen LogP contribution in [0.5, 0.6) is 0 Å². The van der Waals surface area contributed by atoms with Gasteiger partial charge in [-0.1, -0.05) is 12.1 Å². The second-order valence-electron chi connectivity index (χ2n) is 5.43. The van der Waals surface area contributed by atoms with Gasteiger partial charge in [0.05, 0.1) is 12.2 Å². The molecule has 0 saturated carbocycles. The third-order valence-corrected chi connectivity index (χ3v) is 5.18. The smallest absolute Gasteiger partial charge is 0.279 e. The molecule has 1 saturated heterocycles. The Balaban J connectivity index is 1.87. The number of carbonyl (C=O) groups excluding carboxylic acids is 1. The number of piperazine rings is 1. The molecule has 1 amide bonds. The average molecular weight is 344 g/mol. The fourth-order valence-corrected chi connectivity index (χ4v) is 2.86. The van der Waals surface area contributed by atoms with Gasteiger partial charge in [-0.05, 0) is 12.1 Å². The standard InChI is InChI=1S/C14H21FN4O3S/c1-17(2)23(21,22)16-11-14(20)19-9-7-18(8-10-19)13-6-4-3-5-12(13)15/h3-6,16H,7-11H2,1-2H3. The van der Waals surface area contributed by atoms with Crippen LogP contribution < -0.4 is 9.62 Å². The summed E-state index contributed by atoms with van der Waals surface area (Å²) in [7, 11) is -0.838. The Labute approximate surface area is 135 Å². The van der Waals surface area contributed by atoms with Gasteiger partial charge in [0.25, 0.3) is 10.2 Å². The van der Waals surface area contributed by atoms with Crippen molar-refractivity contribution in [1.82, 2.24) is 13.9 Å². The molecule has 9 heteroatoms. The molecule has 0 atom stereocenters. The van der Waals surface area contributed by atoms with Crippen molar-refractivity contribution in [2.45, 2.75) is 0 Å². The SMILES string of the molecule is CN(C)S(=O)(=O)NCC(=O)N1CCN(c2ccccc2F)CC1. The van der Waals surface area contributed by atoms with Gasteiger partial charge in [0.15, 0.2) is 0 Å². The molecule has 0 radical (unpaired) electrons. The Morgan fingerprint density at radius 2 is 1.83 bits per heavy atom. The lowest BCUT2D eigenvalue weighted by atomic mass is 10.2. The normalized spacial score (nSPS) is 16.0. The lowest BCUT2D eigenvalue weighted by Crippen LogP contribution is -2.52. The highest BCUT2D eigenvalue weighted by molar-refractivity contribution is 7.87. The summed E-state index contributed by atoms with van der Waals surface area (Å²) < 4.78 is 40.2. The average Bonchev–Trinajstić information content (AvgIpc) is 2.53. The predicted molar refractivity (Wildman–Crippen MR) is 85.8 cm³/mol. The molecule has 1 heterocycles. The van der Waals surface area contributed by atoms with E-state index in [4.69, 9.17) is 0 Å². The van der Waals surface area contributed by atoms with Crippen LogP contribution in [0.15, 0.2) is 24.3 Å². The summed E-state index contributed by atoms with van der Waals surface area (Å²) in [5, 5.41) is 0. The number of para-hydroxylation sites is 1. The fraction of sp³-hybridized carbons (Fsp3) is 0.500. The molecule has 128 valence electrons. The van der Waals surface area contributed by atoms with Crippen LogP contribution in [-0.2, 0) is 15.0 Å². The highest BCUT2D eigenvalue weighted by atomic mass is 32.2. The van der Waals surface area contributed by atoms with E-state index in [1.165, 1.54) is 20.2 Å². The summed E-state index contributed by atoms with van der Waals surface area (Å²) in [5.74, 6) is -0.574. The van der Waals surface area contributed by atoms with Crippen molar-refractivity contribution >= 4 is 21.8 Å². The van der Waals surface area contributed by atoms with Gasteiger partial charge < -0.3 is 9.80 Å². The minimum absolute atomic E-state index is 0.278. The van der Waals surface area contributed by atoms with Crippen molar-refractivity contribution in [3.8, 4) is 0 Å². The number of nitrogens with one attached hydrogen (secondary N) is 1. The molecule has 1 N–H and O–H groups in total. The van der Waals surface area contributed by atoms with Crippen LogP contribution in [0.25, 0.3) is 0 Å². The largest absolute Gasteiger partial charge is 0.366 e. The number of nitrogens with zero attached hydrogens (tertiary/aromatic N) is 3. The highest BCUT2D eigenvalue weighted by Gasteiger charge is 2.24. The summed E-state index contributed by atoms with van der Waals surface area (Å²) in [5.41, 5.74) is 0.521. The van der Waals surface area contributed by atoms with Gasteiger partial charge >= 0.3 is 0 Å². The first-order valence-electron chi connectivity index (χ1n) is 7.25. The molecule has 7 nitrogen and oxygen atoms in total. The molecule has 2 rings (SSSR count). The van der Waals surface area contributed by atoms with Gasteiger partial charge in [0, 0.05) is 40.3 Å². The third-order valence-electron chi connectivity index (χ3n) is 3.71. The second kappa shape index (κ2) is 7.24. The number of anilines is 1. The van der Waals surface area contributed by atoms with Gasteiger partial charge in [-0.3, -0.25) is 4.79 Å². The molecule has 1 aliphatic heterocycles. The molecule has 23 heavy (non-hydrogen) atoms. The fourth-order valence-electron chi connectivity index (χ4n) is 2.30. The topological polar surface area (TPSA) is 73.0 Å². The zero-order valence-electron chi connectivity index (χ0n) is 13.2.